The second kappa shape index (κ2) is 4.65. The first-order chi connectivity index (χ1) is 9.29. The highest BCUT2D eigenvalue weighted by molar-refractivity contribution is 6.06. The summed E-state index contributed by atoms with van der Waals surface area (Å²) >= 11 is 0. The lowest BCUT2D eigenvalue weighted by molar-refractivity contribution is 0.102. The predicted molar refractivity (Wildman–Crippen MR) is 72.2 cm³/mol. The van der Waals surface area contributed by atoms with Crippen LogP contribution in [0.15, 0.2) is 48.9 Å². The molecule has 0 fully saturated rings. The van der Waals surface area contributed by atoms with Crippen LogP contribution >= 0.6 is 0 Å². The number of fused-ring (bicyclic) bond motifs is 1. The van der Waals surface area contributed by atoms with Crippen LogP contribution < -0.4 is 0 Å². The van der Waals surface area contributed by atoms with Crippen LogP contribution in [0.4, 0.5) is 0 Å². The Morgan fingerprint density at radius 3 is 2.79 bits per heavy atom. The molecule has 19 heavy (non-hydrogen) atoms. The van der Waals surface area contributed by atoms with E-state index >= 15 is 0 Å². The van der Waals surface area contributed by atoms with E-state index in [0.717, 1.165) is 17.6 Å². The number of hydrogen-bond acceptors (Lipinski definition) is 3. The molecule has 0 aliphatic heterocycles. The minimum absolute atomic E-state index is 0.110. The van der Waals surface area contributed by atoms with Crippen LogP contribution in [-0.4, -0.2) is 20.2 Å². The smallest absolute Gasteiger partial charge is 0.229 e. The molecule has 0 aliphatic carbocycles. The normalized spacial score (nSPS) is 10.8. The van der Waals surface area contributed by atoms with Gasteiger partial charge in [0.05, 0.1) is 6.20 Å². The molecular weight excluding hydrogens is 238 g/mol. The van der Waals surface area contributed by atoms with Crippen LogP contribution in [0.3, 0.4) is 0 Å². The van der Waals surface area contributed by atoms with Crippen LogP contribution in [0.2, 0.25) is 0 Å². The zero-order valence-corrected chi connectivity index (χ0v) is 10.6. The second-order valence-electron chi connectivity index (χ2n) is 4.31. The minimum Gasteiger partial charge on any atom is -0.297 e. The van der Waals surface area contributed by atoms with Gasteiger partial charge in [0.25, 0.3) is 0 Å². The van der Waals surface area contributed by atoms with Crippen molar-refractivity contribution >= 4 is 11.4 Å². The van der Waals surface area contributed by atoms with Gasteiger partial charge in [-0.1, -0.05) is 19.1 Å². The average molecular weight is 251 g/mol. The second-order valence-corrected chi connectivity index (χ2v) is 4.31. The first-order valence-electron chi connectivity index (χ1n) is 6.21. The predicted octanol–water partition coefficient (Wildman–Crippen LogP) is 2.52. The number of imidazole rings is 1. The number of carbonyl (C=O) groups is 1. The number of aromatic nitrogens is 3. The van der Waals surface area contributed by atoms with Crippen molar-refractivity contribution < 1.29 is 4.79 Å². The Balaban J connectivity index is 2.03. The van der Waals surface area contributed by atoms with E-state index < -0.39 is 0 Å². The number of nitrogens with zero attached hydrogens (tertiary/aromatic N) is 3. The molecule has 0 saturated heterocycles. The van der Waals surface area contributed by atoms with Gasteiger partial charge in [0, 0.05) is 12.4 Å². The molecule has 0 unspecified atom stereocenters. The summed E-state index contributed by atoms with van der Waals surface area (Å²) in [5, 5.41) is 0. The van der Waals surface area contributed by atoms with E-state index in [1.807, 2.05) is 30.5 Å². The molecule has 0 spiro atoms. The van der Waals surface area contributed by atoms with Gasteiger partial charge in [-0.3, -0.25) is 14.2 Å². The standard InChI is InChI=1S/C15H13N3O/c1-2-11-6-7-12(16-9-11)15(19)13-10-17-14-5-3-4-8-18(13)14/h3-10H,2H2,1H3. The molecule has 94 valence electrons. The molecule has 3 rings (SSSR count). The van der Waals surface area contributed by atoms with Gasteiger partial charge in [-0.2, -0.15) is 0 Å². The lowest BCUT2D eigenvalue weighted by Gasteiger charge is -2.01. The van der Waals surface area contributed by atoms with Crippen LogP contribution in [0.25, 0.3) is 5.65 Å². The van der Waals surface area contributed by atoms with Crippen LogP contribution in [0.1, 0.15) is 28.7 Å². The number of rotatable bonds is 3. The number of hydrogen-bond donors (Lipinski definition) is 0. The van der Waals surface area contributed by atoms with Crippen molar-refractivity contribution in [3.8, 4) is 0 Å². The Morgan fingerprint density at radius 1 is 1.16 bits per heavy atom. The quantitative estimate of drug-likeness (QED) is 0.672. The summed E-state index contributed by atoms with van der Waals surface area (Å²) in [4.78, 5) is 20.8. The summed E-state index contributed by atoms with van der Waals surface area (Å²) in [6.45, 7) is 2.06. The van der Waals surface area contributed by atoms with Crippen molar-refractivity contribution in [1.82, 2.24) is 14.4 Å². The fraction of sp³-hybridized carbons (Fsp3) is 0.133. The first-order valence-corrected chi connectivity index (χ1v) is 6.21. The van der Waals surface area contributed by atoms with E-state index in [4.69, 9.17) is 0 Å². The molecule has 0 aliphatic rings. The molecule has 3 aromatic rings. The molecule has 4 nitrogen and oxygen atoms in total. The third-order valence-electron chi connectivity index (χ3n) is 3.12. The number of pyridine rings is 2. The Hall–Kier alpha value is -2.49. The summed E-state index contributed by atoms with van der Waals surface area (Å²) in [5.41, 5.74) is 2.86. The zero-order chi connectivity index (χ0) is 13.2. The fourth-order valence-electron chi connectivity index (χ4n) is 2.00. The molecule has 3 aromatic heterocycles. The lowest BCUT2D eigenvalue weighted by Crippen LogP contribution is -2.07. The molecule has 0 amide bonds. The molecular formula is C15H13N3O. The Bertz CT molecular complexity index is 728. The van der Waals surface area contributed by atoms with E-state index in [1.54, 1.807) is 22.9 Å². The highest BCUT2D eigenvalue weighted by Crippen LogP contribution is 2.11. The van der Waals surface area contributed by atoms with Gasteiger partial charge in [0.1, 0.15) is 17.0 Å². The van der Waals surface area contributed by atoms with Gasteiger partial charge in [0.2, 0.25) is 5.78 Å². The largest absolute Gasteiger partial charge is 0.297 e. The van der Waals surface area contributed by atoms with Crippen LogP contribution in [0.5, 0.6) is 0 Å². The molecule has 4 heteroatoms. The van der Waals surface area contributed by atoms with Crippen molar-refractivity contribution in [3.63, 3.8) is 0 Å². The van der Waals surface area contributed by atoms with E-state index in [0.29, 0.717) is 11.4 Å². The lowest BCUT2D eigenvalue weighted by atomic mass is 10.1. The fourth-order valence-corrected chi connectivity index (χ4v) is 2.00. The highest BCUT2D eigenvalue weighted by atomic mass is 16.1. The Labute approximate surface area is 110 Å². The third-order valence-corrected chi connectivity index (χ3v) is 3.12. The van der Waals surface area contributed by atoms with Gasteiger partial charge in [-0.25, -0.2) is 4.98 Å². The summed E-state index contributed by atoms with van der Waals surface area (Å²) in [6, 6.07) is 9.33. The maximum absolute atomic E-state index is 12.4. The molecule has 0 bridgehead atoms. The number of ketones is 1. The molecule has 0 radical (unpaired) electrons. The van der Waals surface area contributed by atoms with Gasteiger partial charge < -0.3 is 0 Å². The van der Waals surface area contributed by atoms with E-state index in [2.05, 4.69) is 16.9 Å². The molecule has 0 N–H and O–H groups in total. The van der Waals surface area contributed by atoms with Crippen molar-refractivity contribution in [3.05, 3.63) is 65.9 Å². The van der Waals surface area contributed by atoms with Gasteiger partial charge in [-0.05, 0) is 30.2 Å². The highest BCUT2D eigenvalue weighted by Gasteiger charge is 2.15. The number of aryl methyl sites for hydroxylation is 1. The molecule has 0 saturated carbocycles. The van der Waals surface area contributed by atoms with Crippen molar-refractivity contribution in [1.29, 1.82) is 0 Å². The monoisotopic (exact) mass is 251 g/mol. The van der Waals surface area contributed by atoms with E-state index in [9.17, 15) is 4.79 Å². The average Bonchev–Trinajstić information content (AvgIpc) is 2.90. The van der Waals surface area contributed by atoms with Gasteiger partial charge in [0.15, 0.2) is 0 Å². The maximum atomic E-state index is 12.4. The van der Waals surface area contributed by atoms with E-state index in [1.165, 1.54) is 0 Å². The Kier molecular flexibility index (Phi) is 2.83. The summed E-state index contributed by atoms with van der Waals surface area (Å²) < 4.78 is 1.78. The van der Waals surface area contributed by atoms with Crippen molar-refractivity contribution in [2.75, 3.05) is 0 Å². The molecule has 0 aromatic carbocycles. The molecule has 3 heterocycles. The van der Waals surface area contributed by atoms with Crippen molar-refractivity contribution in [2.45, 2.75) is 13.3 Å². The van der Waals surface area contributed by atoms with Gasteiger partial charge >= 0.3 is 0 Å². The zero-order valence-electron chi connectivity index (χ0n) is 10.6. The maximum Gasteiger partial charge on any atom is 0.229 e. The summed E-state index contributed by atoms with van der Waals surface area (Å²) in [7, 11) is 0. The molecule has 0 atom stereocenters. The first kappa shape index (κ1) is 11.6. The third kappa shape index (κ3) is 2.01. The SMILES string of the molecule is CCc1ccc(C(=O)c2cnc3ccccn23)nc1. The van der Waals surface area contributed by atoms with Crippen molar-refractivity contribution in [2.24, 2.45) is 0 Å². The van der Waals surface area contributed by atoms with Gasteiger partial charge in [-0.15, -0.1) is 0 Å². The topological polar surface area (TPSA) is 47.3 Å². The minimum atomic E-state index is -0.110. The summed E-state index contributed by atoms with van der Waals surface area (Å²) in [6.07, 6.45) is 6.08. The number of carbonyl (C=O) groups excluding carboxylic acids is 1. The van der Waals surface area contributed by atoms with Crippen LogP contribution in [0, 0.1) is 0 Å². The summed E-state index contributed by atoms with van der Waals surface area (Å²) in [5.74, 6) is -0.110. The van der Waals surface area contributed by atoms with Crippen LogP contribution in [-0.2, 0) is 6.42 Å². The Morgan fingerprint density at radius 2 is 2.05 bits per heavy atom. The van der Waals surface area contributed by atoms with E-state index in [-0.39, 0.29) is 5.78 Å².